The van der Waals surface area contributed by atoms with Crippen LogP contribution in [0.1, 0.15) is 25.8 Å². The highest BCUT2D eigenvalue weighted by Gasteiger charge is 2.33. The van der Waals surface area contributed by atoms with Crippen molar-refractivity contribution in [2.24, 2.45) is 11.1 Å². The summed E-state index contributed by atoms with van der Waals surface area (Å²) in [6.07, 6.45) is 0.669. The van der Waals surface area contributed by atoms with Crippen molar-refractivity contribution < 1.29 is 9.53 Å². The summed E-state index contributed by atoms with van der Waals surface area (Å²) in [5, 5.41) is 0. The molecule has 4 nitrogen and oxygen atoms in total. The lowest BCUT2D eigenvalue weighted by molar-refractivity contribution is 0.0563. The molecule has 1 aromatic carbocycles. The lowest BCUT2D eigenvalue weighted by atomic mass is 9.82. The number of nitrogens with zero attached hydrogens (tertiary/aromatic N) is 1. The summed E-state index contributed by atoms with van der Waals surface area (Å²) < 4.78 is 5.34. The smallest absolute Gasteiger partial charge is 0.410 e. The zero-order valence-electron chi connectivity index (χ0n) is 11.6. The molecule has 1 fully saturated rings. The van der Waals surface area contributed by atoms with Gasteiger partial charge in [-0.15, -0.1) is 0 Å². The minimum absolute atomic E-state index is 0.0352. The Labute approximate surface area is 114 Å². The maximum absolute atomic E-state index is 12.1. The van der Waals surface area contributed by atoms with Crippen LogP contribution in [0.3, 0.4) is 0 Å². The molecule has 19 heavy (non-hydrogen) atoms. The van der Waals surface area contributed by atoms with Crippen LogP contribution in [0.2, 0.25) is 0 Å². The normalized spacial score (nSPS) is 22.1. The lowest BCUT2D eigenvalue weighted by Gasteiger charge is -2.40. The van der Waals surface area contributed by atoms with E-state index in [9.17, 15) is 4.79 Å². The average molecular weight is 262 g/mol. The van der Waals surface area contributed by atoms with Crippen LogP contribution in [0.5, 0.6) is 0 Å². The maximum atomic E-state index is 12.1. The Morgan fingerprint density at radius 2 is 2.11 bits per heavy atom. The van der Waals surface area contributed by atoms with Crippen LogP contribution in [0.15, 0.2) is 30.3 Å². The van der Waals surface area contributed by atoms with Crippen molar-refractivity contribution >= 4 is 6.09 Å². The van der Waals surface area contributed by atoms with Crippen LogP contribution in [0.4, 0.5) is 4.79 Å². The summed E-state index contributed by atoms with van der Waals surface area (Å²) >= 11 is 0. The zero-order chi connectivity index (χ0) is 13.9. The van der Waals surface area contributed by atoms with E-state index in [4.69, 9.17) is 10.5 Å². The van der Waals surface area contributed by atoms with Gasteiger partial charge >= 0.3 is 6.09 Å². The van der Waals surface area contributed by atoms with Crippen LogP contribution >= 0.6 is 0 Å². The highest BCUT2D eigenvalue weighted by molar-refractivity contribution is 5.68. The second-order valence-corrected chi connectivity index (χ2v) is 6.05. The Hall–Kier alpha value is -1.55. The number of carbonyl (C=O) groups is 1. The van der Waals surface area contributed by atoms with E-state index in [-0.39, 0.29) is 17.6 Å². The summed E-state index contributed by atoms with van der Waals surface area (Å²) in [6, 6.07) is 9.73. The molecule has 0 saturated carbocycles. The number of ether oxygens (including phenoxy) is 1. The largest absolute Gasteiger partial charge is 0.445 e. The molecule has 2 N–H and O–H groups in total. The van der Waals surface area contributed by atoms with Gasteiger partial charge in [0.15, 0.2) is 0 Å². The number of carbonyl (C=O) groups excluding carboxylic acids is 1. The Balaban J connectivity index is 1.89. The van der Waals surface area contributed by atoms with E-state index in [0.29, 0.717) is 19.7 Å². The number of amides is 1. The molecule has 1 saturated heterocycles. The molecule has 0 radical (unpaired) electrons. The number of nitrogens with two attached hydrogens (primary N) is 1. The van der Waals surface area contributed by atoms with E-state index >= 15 is 0 Å². The summed E-state index contributed by atoms with van der Waals surface area (Å²) in [5.74, 6) is 0. The van der Waals surface area contributed by atoms with Crippen LogP contribution in [-0.4, -0.2) is 30.1 Å². The molecule has 4 heteroatoms. The first-order valence-corrected chi connectivity index (χ1v) is 6.67. The Kier molecular flexibility index (Phi) is 4.10. The number of hydrogen-bond donors (Lipinski definition) is 1. The van der Waals surface area contributed by atoms with Gasteiger partial charge in [0.25, 0.3) is 0 Å². The Morgan fingerprint density at radius 1 is 1.42 bits per heavy atom. The van der Waals surface area contributed by atoms with Gasteiger partial charge in [0.2, 0.25) is 0 Å². The summed E-state index contributed by atoms with van der Waals surface area (Å²) in [4.78, 5) is 13.8. The molecular formula is C15H22N2O2. The van der Waals surface area contributed by atoms with E-state index in [1.807, 2.05) is 30.3 Å². The van der Waals surface area contributed by atoms with Gasteiger partial charge in [0, 0.05) is 19.1 Å². The summed E-state index contributed by atoms with van der Waals surface area (Å²) in [6.45, 7) is 5.85. The molecule has 1 aliphatic heterocycles. The van der Waals surface area contributed by atoms with Gasteiger partial charge in [-0.2, -0.15) is 0 Å². The van der Waals surface area contributed by atoms with Crippen LogP contribution in [-0.2, 0) is 11.3 Å². The van der Waals surface area contributed by atoms with Crippen LogP contribution < -0.4 is 5.73 Å². The molecule has 0 bridgehead atoms. The quantitative estimate of drug-likeness (QED) is 0.890. The second-order valence-electron chi connectivity index (χ2n) is 6.05. The number of likely N-dealkylation sites (tertiary alicyclic amines) is 1. The lowest BCUT2D eigenvalue weighted by Crippen LogP contribution is -2.52. The number of rotatable bonds is 2. The molecule has 0 aliphatic carbocycles. The highest BCUT2D eigenvalue weighted by atomic mass is 16.6. The van der Waals surface area contributed by atoms with Crippen molar-refractivity contribution in [1.82, 2.24) is 4.90 Å². The molecule has 1 heterocycles. The number of benzene rings is 1. The van der Waals surface area contributed by atoms with Gasteiger partial charge < -0.3 is 15.4 Å². The van der Waals surface area contributed by atoms with Crippen LogP contribution in [0.25, 0.3) is 0 Å². The molecule has 1 amide bonds. The van der Waals surface area contributed by atoms with Crippen molar-refractivity contribution in [3.05, 3.63) is 35.9 Å². The number of piperidine rings is 1. The zero-order valence-corrected chi connectivity index (χ0v) is 11.6. The molecular weight excluding hydrogens is 240 g/mol. The predicted octanol–water partition coefficient (Wildman–Crippen LogP) is 2.38. The molecule has 1 aromatic rings. The minimum Gasteiger partial charge on any atom is -0.445 e. The molecule has 104 valence electrons. The first kappa shape index (κ1) is 13.9. The van der Waals surface area contributed by atoms with Crippen molar-refractivity contribution in [3.8, 4) is 0 Å². The second kappa shape index (κ2) is 5.61. The number of hydrogen-bond acceptors (Lipinski definition) is 3. The highest BCUT2D eigenvalue weighted by Crippen LogP contribution is 2.28. The fraction of sp³-hybridized carbons (Fsp3) is 0.533. The third-order valence-electron chi connectivity index (χ3n) is 3.35. The molecule has 0 spiro atoms. The predicted molar refractivity (Wildman–Crippen MR) is 74.6 cm³/mol. The van der Waals surface area contributed by atoms with Gasteiger partial charge in [0.05, 0.1) is 0 Å². The standard InChI is InChI=1S/C15H22N2O2/c1-15(2)8-13(16)9-17(11-15)14(18)19-10-12-6-4-3-5-7-12/h3-7,13H,8-11,16H2,1-2H3/t13-/m0/s1. The fourth-order valence-electron chi connectivity index (χ4n) is 2.65. The fourth-order valence-corrected chi connectivity index (χ4v) is 2.65. The maximum Gasteiger partial charge on any atom is 0.410 e. The van der Waals surface area contributed by atoms with E-state index in [1.165, 1.54) is 0 Å². The summed E-state index contributed by atoms with van der Waals surface area (Å²) in [7, 11) is 0. The van der Waals surface area contributed by atoms with Gasteiger partial charge in [-0.3, -0.25) is 0 Å². The van der Waals surface area contributed by atoms with Crippen LogP contribution in [0, 0.1) is 5.41 Å². The van der Waals surface area contributed by atoms with E-state index in [0.717, 1.165) is 12.0 Å². The van der Waals surface area contributed by atoms with Crippen molar-refractivity contribution in [2.75, 3.05) is 13.1 Å². The SMILES string of the molecule is CC1(C)C[C@H](N)CN(C(=O)OCc2ccccc2)C1. The third-order valence-corrected chi connectivity index (χ3v) is 3.35. The van der Waals surface area contributed by atoms with E-state index in [2.05, 4.69) is 13.8 Å². The Morgan fingerprint density at radius 3 is 2.74 bits per heavy atom. The molecule has 2 rings (SSSR count). The van der Waals surface area contributed by atoms with Gasteiger partial charge in [0.1, 0.15) is 6.61 Å². The van der Waals surface area contributed by atoms with E-state index < -0.39 is 0 Å². The molecule has 0 unspecified atom stereocenters. The van der Waals surface area contributed by atoms with E-state index in [1.54, 1.807) is 4.90 Å². The van der Waals surface area contributed by atoms with Crippen molar-refractivity contribution in [2.45, 2.75) is 32.9 Å². The average Bonchev–Trinajstić information content (AvgIpc) is 2.34. The minimum atomic E-state index is -0.271. The topological polar surface area (TPSA) is 55.6 Å². The first-order chi connectivity index (χ1) is 8.96. The third kappa shape index (κ3) is 3.96. The monoisotopic (exact) mass is 262 g/mol. The van der Waals surface area contributed by atoms with Crippen molar-refractivity contribution in [1.29, 1.82) is 0 Å². The molecule has 0 aromatic heterocycles. The summed E-state index contributed by atoms with van der Waals surface area (Å²) in [5.41, 5.74) is 7.05. The van der Waals surface area contributed by atoms with Crippen molar-refractivity contribution in [3.63, 3.8) is 0 Å². The van der Waals surface area contributed by atoms with Gasteiger partial charge in [-0.05, 0) is 17.4 Å². The first-order valence-electron chi connectivity index (χ1n) is 6.67. The molecule has 1 atom stereocenters. The van der Waals surface area contributed by atoms with Gasteiger partial charge in [-0.1, -0.05) is 44.2 Å². The molecule has 1 aliphatic rings. The Bertz CT molecular complexity index is 431. The van der Waals surface area contributed by atoms with Gasteiger partial charge in [-0.25, -0.2) is 4.79 Å².